The summed E-state index contributed by atoms with van der Waals surface area (Å²) in [4.78, 5) is 49.7. The molecule has 206 valence electrons. The maximum absolute atomic E-state index is 15.1. The number of esters is 4. The number of anilines is 1. The second kappa shape index (κ2) is 14.2. The highest BCUT2D eigenvalue weighted by Gasteiger charge is 2.56. The molecule has 0 radical (unpaired) electrons. The van der Waals surface area contributed by atoms with Gasteiger partial charge in [-0.2, -0.15) is 0 Å². The number of hydrogen-bond donors (Lipinski definition) is 0. The van der Waals surface area contributed by atoms with Gasteiger partial charge < -0.3 is 33.3 Å². The van der Waals surface area contributed by atoms with Gasteiger partial charge in [-0.15, -0.1) is 23.2 Å². The summed E-state index contributed by atoms with van der Waals surface area (Å²) in [6.45, 7) is 4.00. The molecule has 0 aromatic heterocycles. The number of carbonyl (C=O) groups excluding carboxylic acids is 4. The third-order valence-electron chi connectivity index (χ3n) is 5.07. The van der Waals surface area contributed by atoms with Crippen LogP contribution in [-0.4, -0.2) is 86.5 Å². The summed E-state index contributed by atoms with van der Waals surface area (Å²) < 4.78 is 46.8. The molecule has 14 heteroatoms. The summed E-state index contributed by atoms with van der Waals surface area (Å²) >= 11 is 11.6. The van der Waals surface area contributed by atoms with Crippen molar-refractivity contribution >= 4 is 52.8 Å². The topological polar surface area (TPSA) is 127 Å². The Hall–Kier alpha value is -2.83. The molecule has 1 saturated heterocycles. The predicted molar refractivity (Wildman–Crippen MR) is 128 cm³/mol. The minimum Gasteiger partial charge on any atom is -0.467 e. The quantitative estimate of drug-likeness (QED) is 0.222. The number of rotatable bonds is 11. The van der Waals surface area contributed by atoms with Crippen molar-refractivity contribution in [1.82, 2.24) is 0 Å². The number of ether oxygens (including phenoxy) is 6. The van der Waals surface area contributed by atoms with Crippen LogP contribution < -0.4 is 9.64 Å². The van der Waals surface area contributed by atoms with Gasteiger partial charge in [0.1, 0.15) is 0 Å². The fraction of sp³-hybridized carbons (Fsp3) is 0.565. The SMILES string of the molecule is COC(=O)[C@H]1O[C@@H](Oc2ccc(N(CCCl)CCCl)cc2F)[C@H](OC(C)=O)[C@@H](OC(C)=O)[C@@H]1OC(C)=O. The number of alkyl halides is 2. The first-order chi connectivity index (χ1) is 17.5. The van der Waals surface area contributed by atoms with Crippen LogP contribution in [-0.2, 0) is 42.9 Å². The monoisotopic (exact) mass is 567 g/mol. The molecule has 1 aliphatic heterocycles. The molecule has 0 saturated carbocycles. The van der Waals surface area contributed by atoms with E-state index in [0.29, 0.717) is 18.8 Å². The van der Waals surface area contributed by atoms with Crippen molar-refractivity contribution in [3.63, 3.8) is 0 Å². The summed E-state index contributed by atoms with van der Waals surface area (Å²) in [5.41, 5.74) is 0.479. The largest absolute Gasteiger partial charge is 0.467 e. The lowest BCUT2D eigenvalue weighted by Crippen LogP contribution is -2.64. The summed E-state index contributed by atoms with van der Waals surface area (Å²) in [5, 5.41) is 0. The zero-order valence-corrected chi connectivity index (χ0v) is 22.1. The molecule has 1 heterocycles. The number of methoxy groups -OCH3 is 1. The van der Waals surface area contributed by atoms with Gasteiger partial charge in [-0.3, -0.25) is 14.4 Å². The highest BCUT2D eigenvalue weighted by molar-refractivity contribution is 6.18. The van der Waals surface area contributed by atoms with Crippen LogP contribution in [0, 0.1) is 5.82 Å². The van der Waals surface area contributed by atoms with Gasteiger partial charge in [-0.05, 0) is 12.1 Å². The lowest BCUT2D eigenvalue weighted by atomic mass is 9.97. The molecule has 0 bridgehead atoms. The standard InChI is InChI=1S/C23H28Cl2FNO10/c1-12(28)33-18-19(34-13(2)29)21(35-14(3)30)23(37-20(18)22(31)32-4)36-17-6-5-15(11-16(17)26)27(9-7-24)10-8-25/h5-6,11,18-21,23H,7-10H2,1-4H3/t18-,19-,20-,21+,23+/m0/s1. The zero-order valence-electron chi connectivity index (χ0n) is 20.6. The van der Waals surface area contributed by atoms with E-state index < -0.39 is 60.4 Å². The molecule has 0 spiro atoms. The van der Waals surface area contributed by atoms with E-state index in [1.165, 1.54) is 12.1 Å². The van der Waals surface area contributed by atoms with E-state index in [-0.39, 0.29) is 17.5 Å². The third kappa shape index (κ3) is 8.34. The summed E-state index contributed by atoms with van der Waals surface area (Å²) in [6.07, 6.45) is -8.02. The Kier molecular flexibility index (Phi) is 11.7. The van der Waals surface area contributed by atoms with Crippen molar-refractivity contribution in [3.05, 3.63) is 24.0 Å². The van der Waals surface area contributed by atoms with Gasteiger partial charge in [0.25, 0.3) is 0 Å². The summed E-state index contributed by atoms with van der Waals surface area (Å²) in [7, 11) is 1.05. The molecular weight excluding hydrogens is 540 g/mol. The van der Waals surface area contributed by atoms with Gasteiger partial charge in [-0.1, -0.05) is 0 Å². The van der Waals surface area contributed by atoms with E-state index in [1.54, 1.807) is 11.0 Å². The Balaban J connectivity index is 2.48. The maximum atomic E-state index is 15.1. The maximum Gasteiger partial charge on any atom is 0.339 e. The van der Waals surface area contributed by atoms with E-state index in [9.17, 15) is 19.2 Å². The molecule has 0 aliphatic carbocycles. The van der Waals surface area contributed by atoms with Gasteiger partial charge in [0.05, 0.1) is 7.11 Å². The van der Waals surface area contributed by atoms with E-state index in [1.807, 2.05) is 0 Å². The molecule has 1 fully saturated rings. The Morgan fingerprint density at radius 1 is 0.919 bits per heavy atom. The van der Waals surface area contributed by atoms with Gasteiger partial charge in [0.15, 0.2) is 29.9 Å². The predicted octanol–water partition coefficient (Wildman–Crippen LogP) is 2.18. The Morgan fingerprint density at radius 2 is 1.46 bits per heavy atom. The van der Waals surface area contributed by atoms with Gasteiger partial charge in [-0.25, -0.2) is 9.18 Å². The minimum absolute atomic E-state index is 0.284. The molecule has 5 atom stereocenters. The van der Waals surface area contributed by atoms with Crippen LogP contribution in [0.25, 0.3) is 0 Å². The Morgan fingerprint density at radius 3 is 1.95 bits per heavy atom. The normalized spacial score (nSPS) is 22.9. The van der Waals surface area contributed by atoms with Crippen molar-refractivity contribution < 1.29 is 52.0 Å². The number of halogens is 3. The van der Waals surface area contributed by atoms with Crippen molar-refractivity contribution in [2.24, 2.45) is 0 Å². The molecule has 37 heavy (non-hydrogen) atoms. The first kappa shape index (κ1) is 30.4. The highest BCUT2D eigenvalue weighted by atomic mass is 35.5. The van der Waals surface area contributed by atoms with Crippen LogP contribution in [0.5, 0.6) is 5.75 Å². The van der Waals surface area contributed by atoms with Crippen LogP contribution in [0.3, 0.4) is 0 Å². The van der Waals surface area contributed by atoms with E-state index in [2.05, 4.69) is 0 Å². The van der Waals surface area contributed by atoms with E-state index in [0.717, 1.165) is 27.9 Å². The van der Waals surface area contributed by atoms with Crippen LogP contribution in [0.15, 0.2) is 18.2 Å². The average Bonchev–Trinajstić information content (AvgIpc) is 2.82. The molecule has 0 unspecified atom stereocenters. The van der Waals surface area contributed by atoms with E-state index in [4.69, 9.17) is 51.6 Å². The van der Waals surface area contributed by atoms with Crippen LogP contribution in [0.2, 0.25) is 0 Å². The highest BCUT2D eigenvalue weighted by Crippen LogP contribution is 2.33. The number of benzene rings is 1. The second-order valence-corrected chi connectivity index (χ2v) is 8.52. The lowest BCUT2D eigenvalue weighted by molar-refractivity contribution is -0.282. The number of nitrogens with zero attached hydrogens (tertiary/aromatic N) is 1. The van der Waals surface area contributed by atoms with Gasteiger partial charge >= 0.3 is 23.9 Å². The molecule has 1 aromatic carbocycles. The lowest BCUT2D eigenvalue weighted by Gasteiger charge is -2.43. The van der Waals surface area contributed by atoms with Crippen molar-refractivity contribution in [1.29, 1.82) is 0 Å². The molecule has 11 nitrogen and oxygen atoms in total. The Bertz CT molecular complexity index is 975. The fourth-order valence-corrected chi connectivity index (χ4v) is 4.06. The van der Waals surface area contributed by atoms with E-state index >= 15 is 4.39 Å². The fourth-order valence-electron chi connectivity index (χ4n) is 3.66. The van der Waals surface area contributed by atoms with Crippen LogP contribution in [0.1, 0.15) is 20.8 Å². The first-order valence-corrected chi connectivity index (χ1v) is 12.2. The second-order valence-electron chi connectivity index (χ2n) is 7.77. The van der Waals surface area contributed by atoms with Gasteiger partial charge in [0.2, 0.25) is 12.4 Å². The first-order valence-electron chi connectivity index (χ1n) is 11.1. The molecule has 1 aromatic rings. The number of hydrogen-bond acceptors (Lipinski definition) is 11. The molecule has 0 N–H and O–H groups in total. The van der Waals surface area contributed by atoms with Crippen LogP contribution in [0.4, 0.5) is 10.1 Å². The molecule has 2 rings (SSSR count). The third-order valence-corrected chi connectivity index (χ3v) is 5.41. The average molecular weight is 568 g/mol. The zero-order chi connectivity index (χ0) is 27.7. The number of carbonyl (C=O) groups is 4. The van der Waals surface area contributed by atoms with Crippen molar-refractivity contribution in [2.75, 3.05) is 36.9 Å². The van der Waals surface area contributed by atoms with Crippen molar-refractivity contribution in [2.45, 2.75) is 51.5 Å². The van der Waals surface area contributed by atoms with Crippen LogP contribution >= 0.6 is 23.2 Å². The smallest absolute Gasteiger partial charge is 0.339 e. The minimum atomic E-state index is -1.67. The van der Waals surface area contributed by atoms with Gasteiger partial charge in [0, 0.05) is 57.4 Å². The molecular formula is C23H28Cl2FNO10. The molecule has 1 aliphatic rings. The summed E-state index contributed by atoms with van der Waals surface area (Å²) in [5.74, 6) is -4.13. The Labute approximate surface area is 222 Å². The van der Waals surface area contributed by atoms with Crippen molar-refractivity contribution in [3.8, 4) is 5.75 Å². The molecule has 0 amide bonds. The summed E-state index contributed by atoms with van der Waals surface area (Å²) in [6, 6.07) is 4.02.